The van der Waals surface area contributed by atoms with Crippen molar-refractivity contribution >= 4 is 11.8 Å². The summed E-state index contributed by atoms with van der Waals surface area (Å²) in [4.78, 5) is 0. The molecule has 1 aliphatic carbocycles. The SMILES string of the molecule is CCC1CCCC(C(NN)C2CSCCO2)C1. The fraction of sp³-hybridized carbons (Fsp3) is 1.00. The summed E-state index contributed by atoms with van der Waals surface area (Å²) in [6.45, 7) is 3.20. The van der Waals surface area contributed by atoms with Crippen LogP contribution in [0.1, 0.15) is 39.0 Å². The molecule has 3 N–H and O–H groups in total. The van der Waals surface area contributed by atoms with E-state index in [1.165, 1.54) is 32.1 Å². The van der Waals surface area contributed by atoms with Gasteiger partial charge in [0.1, 0.15) is 0 Å². The number of nitrogens with two attached hydrogens (primary N) is 1. The average molecular weight is 258 g/mol. The highest BCUT2D eigenvalue weighted by molar-refractivity contribution is 7.99. The molecular formula is C13H26N2OS. The Balaban J connectivity index is 1.91. The van der Waals surface area contributed by atoms with E-state index in [0.29, 0.717) is 18.1 Å². The molecular weight excluding hydrogens is 232 g/mol. The van der Waals surface area contributed by atoms with Gasteiger partial charge in [-0.3, -0.25) is 11.3 Å². The third-order valence-corrected chi connectivity index (χ3v) is 5.36. The fourth-order valence-electron chi connectivity index (χ4n) is 3.29. The Bertz CT molecular complexity index is 221. The van der Waals surface area contributed by atoms with Crippen molar-refractivity contribution in [1.29, 1.82) is 0 Å². The van der Waals surface area contributed by atoms with Crippen molar-refractivity contribution in [3.8, 4) is 0 Å². The van der Waals surface area contributed by atoms with Crippen LogP contribution < -0.4 is 11.3 Å². The maximum Gasteiger partial charge on any atom is 0.0834 e. The highest BCUT2D eigenvalue weighted by atomic mass is 32.2. The summed E-state index contributed by atoms with van der Waals surface area (Å²) in [5, 5.41) is 0. The number of hydrogen-bond donors (Lipinski definition) is 2. The number of nitrogens with one attached hydrogen (secondary N) is 1. The molecule has 4 unspecified atom stereocenters. The second-order valence-electron chi connectivity index (χ2n) is 5.38. The van der Waals surface area contributed by atoms with Crippen LogP contribution in [0.4, 0.5) is 0 Å². The largest absolute Gasteiger partial charge is 0.375 e. The van der Waals surface area contributed by atoms with Gasteiger partial charge in [0, 0.05) is 11.5 Å². The minimum Gasteiger partial charge on any atom is -0.375 e. The third kappa shape index (κ3) is 3.60. The molecule has 1 saturated carbocycles. The van der Waals surface area contributed by atoms with Crippen LogP contribution in [0.2, 0.25) is 0 Å². The van der Waals surface area contributed by atoms with Crippen molar-refractivity contribution in [2.45, 2.75) is 51.2 Å². The molecule has 4 heteroatoms. The first-order valence-corrected chi connectivity index (χ1v) is 8.16. The number of ether oxygens (including phenoxy) is 1. The van der Waals surface area contributed by atoms with Gasteiger partial charge < -0.3 is 4.74 Å². The van der Waals surface area contributed by atoms with Crippen LogP contribution in [-0.2, 0) is 4.74 Å². The molecule has 1 heterocycles. The molecule has 0 radical (unpaired) electrons. The Hall–Kier alpha value is 0.230. The molecule has 0 bridgehead atoms. The lowest BCUT2D eigenvalue weighted by molar-refractivity contribution is 0.0187. The van der Waals surface area contributed by atoms with Crippen molar-refractivity contribution < 1.29 is 4.74 Å². The van der Waals surface area contributed by atoms with E-state index in [1.54, 1.807) is 0 Å². The van der Waals surface area contributed by atoms with Crippen LogP contribution in [0, 0.1) is 11.8 Å². The molecule has 2 fully saturated rings. The van der Waals surface area contributed by atoms with Crippen LogP contribution in [0.5, 0.6) is 0 Å². The number of rotatable bonds is 4. The summed E-state index contributed by atoms with van der Waals surface area (Å²) in [5.74, 6) is 9.63. The van der Waals surface area contributed by atoms with Crippen molar-refractivity contribution in [1.82, 2.24) is 5.43 Å². The summed E-state index contributed by atoms with van der Waals surface area (Å²) in [6.07, 6.45) is 7.05. The quantitative estimate of drug-likeness (QED) is 0.599. The molecule has 0 aromatic heterocycles. The van der Waals surface area contributed by atoms with Gasteiger partial charge in [-0.2, -0.15) is 11.8 Å². The van der Waals surface area contributed by atoms with Gasteiger partial charge in [-0.15, -0.1) is 0 Å². The standard InChI is InChI=1S/C13H26N2OS/c1-2-10-4-3-5-11(8-10)13(15-14)12-9-17-7-6-16-12/h10-13,15H,2-9,14H2,1H3. The van der Waals surface area contributed by atoms with Gasteiger partial charge in [0.05, 0.1) is 18.8 Å². The predicted molar refractivity (Wildman–Crippen MR) is 73.9 cm³/mol. The second kappa shape index (κ2) is 6.98. The van der Waals surface area contributed by atoms with E-state index in [2.05, 4.69) is 12.3 Å². The lowest BCUT2D eigenvalue weighted by atomic mass is 9.76. The van der Waals surface area contributed by atoms with E-state index in [4.69, 9.17) is 10.6 Å². The maximum atomic E-state index is 5.89. The van der Waals surface area contributed by atoms with Crippen LogP contribution in [0.15, 0.2) is 0 Å². The van der Waals surface area contributed by atoms with Crippen molar-refractivity contribution in [2.24, 2.45) is 17.7 Å². The summed E-state index contributed by atoms with van der Waals surface area (Å²) in [6, 6.07) is 0.358. The second-order valence-corrected chi connectivity index (χ2v) is 6.53. The average Bonchev–Trinajstić information content (AvgIpc) is 2.41. The Labute approximate surface area is 109 Å². The van der Waals surface area contributed by atoms with Crippen LogP contribution >= 0.6 is 11.8 Å². The minimum absolute atomic E-state index is 0.319. The zero-order valence-corrected chi connectivity index (χ0v) is 11.7. The van der Waals surface area contributed by atoms with Crippen LogP contribution in [0.25, 0.3) is 0 Å². The molecule has 2 aliphatic rings. The molecule has 3 nitrogen and oxygen atoms in total. The maximum absolute atomic E-state index is 5.89. The van der Waals surface area contributed by atoms with E-state index in [0.717, 1.165) is 24.0 Å². The van der Waals surface area contributed by atoms with Crippen molar-refractivity contribution in [3.63, 3.8) is 0 Å². The Morgan fingerprint density at radius 2 is 2.35 bits per heavy atom. The molecule has 0 aromatic rings. The molecule has 100 valence electrons. The van der Waals surface area contributed by atoms with E-state index in [9.17, 15) is 0 Å². The summed E-state index contributed by atoms with van der Waals surface area (Å²) >= 11 is 2.00. The van der Waals surface area contributed by atoms with E-state index in [-0.39, 0.29) is 0 Å². The lowest BCUT2D eigenvalue weighted by Gasteiger charge is -2.39. The smallest absolute Gasteiger partial charge is 0.0834 e. The van der Waals surface area contributed by atoms with Gasteiger partial charge in [0.25, 0.3) is 0 Å². The van der Waals surface area contributed by atoms with Crippen LogP contribution in [-0.4, -0.2) is 30.3 Å². The molecule has 0 amide bonds. The zero-order valence-electron chi connectivity index (χ0n) is 10.9. The van der Waals surface area contributed by atoms with Gasteiger partial charge in [-0.25, -0.2) is 0 Å². The Morgan fingerprint density at radius 3 is 3.00 bits per heavy atom. The first-order valence-electron chi connectivity index (χ1n) is 7.00. The monoisotopic (exact) mass is 258 g/mol. The van der Waals surface area contributed by atoms with Gasteiger partial charge in [0.15, 0.2) is 0 Å². The number of thioether (sulfide) groups is 1. The molecule has 1 saturated heterocycles. The summed E-state index contributed by atoms with van der Waals surface area (Å²) in [7, 11) is 0. The number of hydrogen-bond acceptors (Lipinski definition) is 4. The summed E-state index contributed by atoms with van der Waals surface area (Å²) in [5.41, 5.74) is 3.05. The third-order valence-electron chi connectivity index (χ3n) is 4.34. The highest BCUT2D eigenvalue weighted by Crippen LogP contribution is 2.35. The van der Waals surface area contributed by atoms with Gasteiger partial charge in [0.2, 0.25) is 0 Å². The molecule has 1 aliphatic heterocycles. The Morgan fingerprint density at radius 1 is 1.47 bits per heavy atom. The van der Waals surface area contributed by atoms with Crippen LogP contribution in [0.3, 0.4) is 0 Å². The topological polar surface area (TPSA) is 47.3 Å². The zero-order chi connectivity index (χ0) is 12.1. The molecule has 17 heavy (non-hydrogen) atoms. The van der Waals surface area contributed by atoms with E-state index in [1.807, 2.05) is 11.8 Å². The normalized spacial score (nSPS) is 36.7. The van der Waals surface area contributed by atoms with Gasteiger partial charge >= 0.3 is 0 Å². The number of hydrazine groups is 1. The Kier molecular flexibility index (Phi) is 5.60. The first kappa shape index (κ1) is 13.7. The predicted octanol–water partition coefficient (Wildman–Crippen LogP) is 2.17. The van der Waals surface area contributed by atoms with E-state index >= 15 is 0 Å². The minimum atomic E-state index is 0.319. The molecule has 2 rings (SSSR count). The summed E-state index contributed by atoms with van der Waals surface area (Å²) < 4.78 is 5.89. The fourth-order valence-corrected chi connectivity index (χ4v) is 4.21. The van der Waals surface area contributed by atoms with E-state index < -0.39 is 0 Å². The van der Waals surface area contributed by atoms with Gasteiger partial charge in [-0.05, 0) is 24.7 Å². The lowest BCUT2D eigenvalue weighted by Crippen LogP contribution is -2.53. The first-order chi connectivity index (χ1) is 8.35. The van der Waals surface area contributed by atoms with Crippen molar-refractivity contribution in [2.75, 3.05) is 18.1 Å². The van der Waals surface area contributed by atoms with Gasteiger partial charge in [-0.1, -0.05) is 26.2 Å². The molecule has 4 atom stereocenters. The molecule has 0 aromatic carbocycles. The van der Waals surface area contributed by atoms with Crippen molar-refractivity contribution in [3.05, 3.63) is 0 Å². The molecule has 0 spiro atoms. The highest BCUT2D eigenvalue weighted by Gasteiger charge is 2.33.